The number of phenols is 2. The molecule has 0 radical (unpaired) electrons. The summed E-state index contributed by atoms with van der Waals surface area (Å²) < 4.78 is 0. The van der Waals surface area contributed by atoms with Crippen molar-refractivity contribution in [3.05, 3.63) is 23.8 Å². The van der Waals surface area contributed by atoms with Crippen molar-refractivity contribution in [3.63, 3.8) is 0 Å². The van der Waals surface area contributed by atoms with Gasteiger partial charge in [0.25, 0.3) is 0 Å². The fourth-order valence-electron chi connectivity index (χ4n) is 3.00. The van der Waals surface area contributed by atoms with Crippen LogP contribution in [0.3, 0.4) is 0 Å². The Balaban J connectivity index is 2.00. The molecule has 1 fully saturated rings. The van der Waals surface area contributed by atoms with Crippen LogP contribution in [0.5, 0.6) is 11.5 Å². The number of aromatic hydroxyl groups is 2. The van der Waals surface area contributed by atoms with Crippen LogP contribution in [0.25, 0.3) is 0 Å². The molecule has 1 aromatic carbocycles. The Labute approximate surface area is 121 Å². The van der Waals surface area contributed by atoms with Crippen LogP contribution in [-0.4, -0.2) is 52.7 Å². The second-order valence-corrected chi connectivity index (χ2v) is 6.12. The largest absolute Gasteiger partial charge is 0.507 e. The third-order valence-electron chi connectivity index (χ3n) is 4.06. The Morgan fingerprint density at radius 2 is 1.55 bits per heavy atom. The summed E-state index contributed by atoms with van der Waals surface area (Å²) in [5.41, 5.74) is 0.643. The van der Waals surface area contributed by atoms with Gasteiger partial charge in [-0.3, -0.25) is 4.90 Å². The maximum atomic E-state index is 9.97. The van der Waals surface area contributed by atoms with E-state index in [9.17, 15) is 10.2 Å². The van der Waals surface area contributed by atoms with E-state index < -0.39 is 0 Å². The fourth-order valence-corrected chi connectivity index (χ4v) is 3.00. The molecule has 2 N–H and O–H groups in total. The van der Waals surface area contributed by atoms with E-state index in [1.165, 1.54) is 0 Å². The van der Waals surface area contributed by atoms with Gasteiger partial charge in [-0.05, 0) is 25.0 Å². The number of hydrogen-bond donors (Lipinski definition) is 2. The van der Waals surface area contributed by atoms with Gasteiger partial charge in [-0.25, -0.2) is 0 Å². The van der Waals surface area contributed by atoms with E-state index in [0.29, 0.717) is 11.5 Å². The van der Waals surface area contributed by atoms with E-state index in [-0.39, 0.29) is 17.5 Å². The van der Waals surface area contributed by atoms with Crippen molar-refractivity contribution in [1.82, 2.24) is 9.80 Å². The normalized spacial score (nSPS) is 19.4. The third-order valence-corrected chi connectivity index (χ3v) is 4.06. The summed E-state index contributed by atoms with van der Waals surface area (Å²) in [5, 5.41) is 19.9. The zero-order valence-electron chi connectivity index (χ0n) is 12.7. The van der Waals surface area contributed by atoms with Gasteiger partial charge in [-0.15, -0.1) is 0 Å². The van der Waals surface area contributed by atoms with Gasteiger partial charge in [0.2, 0.25) is 0 Å². The molecule has 1 aliphatic rings. The predicted octanol–water partition coefficient (Wildman–Crippen LogP) is 2.43. The Morgan fingerprint density at radius 3 is 2.05 bits per heavy atom. The van der Waals surface area contributed by atoms with Crippen molar-refractivity contribution >= 4 is 0 Å². The lowest BCUT2D eigenvalue weighted by atomic mass is 10.0. The lowest BCUT2D eigenvalue weighted by Gasteiger charge is -2.39. The van der Waals surface area contributed by atoms with E-state index in [2.05, 4.69) is 23.6 Å². The molecule has 112 valence electrons. The SMILES string of the molecule is CC(C)CN1CCN(C(C)c2c(O)cccc2O)CC1. The van der Waals surface area contributed by atoms with Gasteiger partial charge in [0.15, 0.2) is 0 Å². The molecule has 1 aromatic rings. The van der Waals surface area contributed by atoms with Gasteiger partial charge >= 0.3 is 0 Å². The number of piperazine rings is 1. The Kier molecular flexibility index (Phi) is 4.89. The summed E-state index contributed by atoms with van der Waals surface area (Å²) in [6.45, 7) is 11.7. The van der Waals surface area contributed by atoms with Crippen LogP contribution in [0.2, 0.25) is 0 Å². The first-order valence-corrected chi connectivity index (χ1v) is 7.46. The summed E-state index contributed by atoms with van der Waals surface area (Å²) >= 11 is 0. The van der Waals surface area contributed by atoms with Crippen LogP contribution in [-0.2, 0) is 0 Å². The Morgan fingerprint density at radius 1 is 1.00 bits per heavy atom. The molecule has 0 spiro atoms. The summed E-state index contributed by atoms with van der Waals surface area (Å²) in [5.74, 6) is 1.06. The van der Waals surface area contributed by atoms with Gasteiger partial charge in [0.1, 0.15) is 11.5 Å². The summed E-state index contributed by atoms with van der Waals surface area (Å²) in [6, 6.07) is 4.99. The molecule has 1 saturated heterocycles. The van der Waals surface area contributed by atoms with Crippen molar-refractivity contribution in [2.24, 2.45) is 5.92 Å². The van der Waals surface area contributed by atoms with E-state index in [4.69, 9.17) is 0 Å². The van der Waals surface area contributed by atoms with Crippen molar-refractivity contribution in [1.29, 1.82) is 0 Å². The number of nitrogens with zero attached hydrogens (tertiary/aromatic N) is 2. The average molecular weight is 278 g/mol. The monoisotopic (exact) mass is 278 g/mol. The first kappa shape index (κ1) is 15.1. The van der Waals surface area contributed by atoms with Crippen LogP contribution in [0.1, 0.15) is 32.4 Å². The minimum atomic E-state index is 0.0393. The molecule has 0 saturated carbocycles. The molecule has 20 heavy (non-hydrogen) atoms. The first-order chi connectivity index (χ1) is 9.49. The highest BCUT2D eigenvalue weighted by atomic mass is 16.3. The Bertz CT molecular complexity index is 420. The molecule has 4 heteroatoms. The lowest BCUT2D eigenvalue weighted by Crippen LogP contribution is -2.48. The van der Waals surface area contributed by atoms with Crippen molar-refractivity contribution in [2.45, 2.75) is 26.8 Å². The minimum Gasteiger partial charge on any atom is -0.507 e. The molecule has 1 atom stereocenters. The molecule has 1 heterocycles. The van der Waals surface area contributed by atoms with Gasteiger partial charge in [0, 0.05) is 38.8 Å². The predicted molar refractivity (Wildman–Crippen MR) is 81.0 cm³/mol. The summed E-state index contributed by atoms with van der Waals surface area (Å²) in [7, 11) is 0. The standard InChI is InChI=1S/C16H26N2O2/c1-12(2)11-17-7-9-18(10-8-17)13(3)16-14(19)5-4-6-15(16)20/h4-6,12-13,19-20H,7-11H2,1-3H3. The molecule has 4 nitrogen and oxygen atoms in total. The van der Waals surface area contributed by atoms with E-state index in [0.717, 1.165) is 32.7 Å². The second-order valence-electron chi connectivity index (χ2n) is 6.12. The highest BCUT2D eigenvalue weighted by Crippen LogP contribution is 2.35. The smallest absolute Gasteiger partial charge is 0.124 e. The molecule has 0 amide bonds. The molecule has 1 aliphatic heterocycles. The number of rotatable bonds is 4. The molecular weight excluding hydrogens is 252 g/mol. The fraction of sp³-hybridized carbons (Fsp3) is 0.625. The maximum absolute atomic E-state index is 9.97. The molecule has 0 aliphatic carbocycles. The average Bonchev–Trinajstić information content (AvgIpc) is 2.38. The molecule has 0 aromatic heterocycles. The number of phenolic OH excluding ortho intramolecular Hbond substituents is 2. The highest BCUT2D eigenvalue weighted by Gasteiger charge is 2.25. The van der Waals surface area contributed by atoms with Crippen molar-refractivity contribution < 1.29 is 10.2 Å². The van der Waals surface area contributed by atoms with Crippen LogP contribution in [0.15, 0.2) is 18.2 Å². The number of benzene rings is 1. The van der Waals surface area contributed by atoms with Gasteiger partial charge in [-0.1, -0.05) is 19.9 Å². The molecule has 2 rings (SSSR count). The molecule has 0 bridgehead atoms. The van der Waals surface area contributed by atoms with Gasteiger partial charge in [0.05, 0.1) is 5.56 Å². The van der Waals surface area contributed by atoms with Gasteiger partial charge < -0.3 is 15.1 Å². The van der Waals surface area contributed by atoms with Crippen LogP contribution in [0.4, 0.5) is 0 Å². The summed E-state index contributed by atoms with van der Waals surface area (Å²) in [6.07, 6.45) is 0. The minimum absolute atomic E-state index is 0.0393. The topological polar surface area (TPSA) is 46.9 Å². The van der Waals surface area contributed by atoms with E-state index >= 15 is 0 Å². The van der Waals surface area contributed by atoms with E-state index in [1.807, 2.05) is 6.92 Å². The van der Waals surface area contributed by atoms with E-state index in [1.54, 1.807) is 18.2 Å². The number of hydrogen-bond acceptors (Lipinski definition) is 4. The molecular formula is C16H26N2O2. The lowest BCUT2D eigenvalue weighted by molar-refractivity contribution is 0.0929. The van der Waals surface area contributed by atoms with Crippen molar-refractivity contribution in [2.75, 3.05) is 32.7 Å². The summed E-state index contributed by atoms with van der Waals surface area (Å²) in [4.78, 5) is 4.81. The third kappa shape index (κ3) is 3.44. The first-order valence-electron chi connectivity index (χ1n) is 7.46. The zero-order chi connectivity index (χ0) is 14.7. The highest BCUT2D eigenvalue weighted by molar-refractivity contribution is 5.45. The Hall–Kier alpha value is -1.26. The van der Waals surface area contributed by atoms with Crippen LogP contribution >= 0.6 is 0 Å². The second kappa shape index (κ2) is 6.46. The molecule has 1 unspecified atom stereocenters. The zero-order valence-corrected chi connectivity index (χ0v) is 12.7. The van der Waals surface area contributed by atoms with Crippen LogP contribution in [0, 0.1) is 5.92 Å². The van der Waals surface area contributed by atoms with Crippen LogP contribution < -0.4 is 0 Å². The maximum Gasteiger partial charge on any atom is 0.124 e. The van der Waals surface area contributed by atoms with Gasteiger partial charge in [-0.2, -0.15) is 0 Å². The van der Waals surface area contributed by atoms with Crippen molar-refractivity contribution in [3.8, 4) is 11.5 Å². The quantitative estimate of drug-likeness (QED) is 0.888.